The Balaban J connectivity index is 1.41. The van der Waals surface area contributed by atoms with E-state index in [0.29, 0.717) is 6.61 Å². The summed E-state index contributed by atoms with van der Waals surface area (Å²) in [6.45, 7) is 4.47. The number of carbonyl (C=O) groups is 1. The van der Waals surface area contributed by atoms with Crippen LogP contribution in [-0.4, -0.2) is 17.6 Å². The lowest BCUT2D eigenvalue weighted by atomic mass is 10.2. The van der Waals surface area contributed by atoms with Gasteiger partial charge in [-0.1, -0.05) is 35.9 Å². The minimum absolute atomic E-state index is 0.162. The predicted octanol–water partition coefficient (Wildman–Crippen LogP) is 5.02. The van der Waals surface area contributed by atoms with E-state index in [1.165, 1.54) is 16.9 Å². The van der Waals surface area contributed by atoms with Crippen LogP contribution in [0.15, 0.2) is 53.9 Å². The second-order valence-corrected chi connectivity index (χ2v) is 7.02. The number of rotatable bonds is 8. The van der Waals surface area contributed by atoms with Crippen molar-refractivity contribution in [3.63, 3.8) is 0 Å². The molecule has 3 aromatic rings. The molecular weight excluding hydrogens is 360 g/mol. The summed E-state index contributed by atoms with van der Waals surface area (Å²) in [5, 5.41) is 5.90. The number of thiazole rings is 1. The molecule has 0 saturated heterocycles. The first kappa shape index (κ1) is 18.9. The van der Waals surface area contributed by atoms with Crippen LogP contribution in [0.4, 0.5) is 10.8 Å². The molecule has 0 fully saturated rings. The van der Waals surface area contributed by atoms with Gasteiger partial charge in [-0.15, -0.1) is 11.3 Å². The van der Waals surface area contributed by atoms with Gasteiger partial charge in [-0.2, -0.15) is 0 Å². The third kappa shape index (κ3) is 5.82. The zero-order valence-corrected chi connectivity index (χ0v) is 16.2. The molecule has 1 N–H and O–H groups in total. The molecule has 0 radical (unpaired) electrons. The highest BCUT2D eigenvalue weighted by Crippen LogP contribution is 2.21. The summed E-state index contributed by atoms with van der Waals surface area (Å²) in [5.41, 5.74) is 3.95. The fourth-order valence-corrected chi connectivity index (χ4v) is 3.10. The number of para-hydroxylation sites is 1. The second-order valence-electron chi connectivity index (χ2n) is 6.16. The lowest BCUT2D eigenvalue weighted by Gasteiger charge is -2.08. The maximum atomic E-state index is 11.9. The number of carbonyl (C=O) groups excluding carboxylic acids is 1. The highest BCUT2D eigenvalue weighted by Gasteiger charge is 2.08. The Morgan fingerprint density at radius 3 is 2.67 bits per heavy atom. The topological polar surface area (TPSA) is 60.5 Å². The van der Waals surface area contributed by atoms with E-state index in [4.69, 9.17) is 9.47 Å². The van der Waals surface area contributed by atoms with Crippen LogP contribution < -0.4 is 10.1 Å². The molecule has 0 aliphatic heterocycles. The Morgan fingerprint density at radius 2 is 1.89 bits per heavy atom. The maximum Gasteiger partial charge on any atom is 0.309 e. The molecule has 0 aliphatic carbocycles. The number of ether oxygens (including phenoxy) is 2. The lowest BCUT2D eigenvalue weighted by Crippen LogP contribution is -2.10. The number of anilines is 2. The van der Waals surface area contributed by atoms with Crippen LogP contribution in [0.5, 0.6) is 5.75 Å². The fourth-order valence-electron chi connectivity index (χ4n) is 2.38. The van der Waals surface area contributed by atoms with Crippen LogP contribution in [0.3, 0.4) is 0 Å². The Bertz CT molecular complexity index is 890. The van der Waals surface area contributed by atoms with E-state index in [1.807, 2.05) is 67.8 Å². The molecule has 27 heavy (non-hydrogen) atoms. The van der Waals surface area contributed by atoms with E-state index in [9.17, 15) is 4.79 Å². The van der Waals surface area contributed by atoms with E-state index < -0.39 is 0 Å². The zero-order chi connectivity index (χ0) is 19.1. The van der Waals surface area contributed by atoms with Crippen molar-refractivity contribution in [1.82, 2.24) is 4.98 Å². The van der Waals surface area contributed by atoms with Crippen LogP contribution in [0, 0.1) is 13.8 Å². The van der Waals surface area contributed by atoms with Crippen molar-refractivity contribution in [2.24, 2.45) is 0 Å². The van der Waals surface area contributed by atoms with Crippen molar-refractivity contribution >= 4 is 28.1 Å². The molecule has 3 rings (SSSR count). The van der Waals surface area contributed by atoms with Gasteiger partial charge < -0.3 is 14.8 Å². The molecule has 0 amide bonds. The Morgan fingerprint density at radius 1 is 1.11 bits per heavy atom. The third-order valence-corrected chi connectivity index (χ3v) is 4.70. The quantitative estimate of drug-likeness (QED) is 0.555. The molecule has 0 aliphatic rings. The molecule has 6 heteroatoms. The predicted molar refractivity (Wildman–Crippen MR) is 108 cm³/mol. The van der Waals surface area contributed by atoms with E-state index >= 15 is 0 Å². The van der Waals surface area contributed by atoms with Gasteiger partial charge in [-0.3, -0.25) is 4.79 Å². The van der Waals surface area contributed by atoms with Crippen molar-refractivity contribution in [2.45, 2.75) is 26.9 Å². The smallest absolute Gasteiger partial charge is 0.309 e. The minimum atomic E-state index is -0.301. The van der Waals surface area contributed by atoms with E-state index in [-0.39, 0.29) is 19.0 Å². The summed E-state index contributed by atoms with van der Waals surface area (Å²) in [5.74, 6) is 0.487. The summed E-state index contributed by atoms with van der Waals surface area (Å²) < 4.78 is 10.9. The third-order valence-electron chi connectivity index (χ3n) is 3.89. The van der Waals surface area contributed by atoms with E-state index in [0.717, 1.165) is 27.8 Å². The number of hydrogen-bond donors (Lipinski definition) is 1. The van der Waals surface area contributed by atoms with Gasteiger partial charge in [0.25, 0.3) is 0 Å². The molecule has 0 bridgehead atoms. The molecule has 1 aromatic heterocycles. The molecule has 2 aromatic carbocycles. The van der Waals surface area contributed by atoms with Crippen LogP contribution in [0.1, 0.15) is 23.2 Å². The molecule has 0 spiro atoms. The lowest BCUT2D eigenvalue weighted by molar-refractivity contribution is -0.145. The highest BCUT2D eigenvalue weighted by molar-refractivity contribution is 7.13. The van der Waals surface area contributed by atoms with Gasteiger partial charge in [-0.05, 0) is 37.6 Å². The number of hydrogen-bond acceptors (Lipinski definition) is 6. The Labute approximate surface area is 163 Å². The molecule has 1 heterocycles. The van der Waals surface area contributed by atoms with Crippen LogP contribution in [-0.2, 0) is 16.1 Å². The fraction of sp³-hybridized carbons (Fsp3) is 0.238. The summed E-state index contributed by atoms with van der Waals surface area (Å²) in [6, 6.07) is 15.8. The van der Waals surface area contributed by atoms with Crippen molar-refractivity contribution in [1.29, 1.82) is 0 Å². The summed E-state index contributed by atoms with van der Waals surface area (Å²) in [4.78, 5) is 16.3. The second kappa shape index (κ2) is 9.19. The molecule has 0 unspecified atom stereocenters. The first-order chi connectivity index (χ1) is 13.1. The largest absolute Gasteiger partial charge is 0.493 e. The average molecular weight is 382 g/mol. The number of nitrogens with zero attached hydrogens (tertiary/aromatic N) is 1. The van der Waals surface area contributed by atoms with Gasteiger partial charge in [0.1, 0.15) is 12.4 Å². The number of esters is 1. The first-order valence-electron chi connectivity index (χ1n) is 8.72. The van der Waals surface area contributed by atoms with Crippen molar-refractivity contribution in [3.8, 4) is 5.75 Å². The van der Waals surface area contributed by atoms with Crippen molar-refractivity contribution < 1.29 is 14.3 Å². The molecule has 0 atom stereocenters. The Kier molecular flexibility index (Phi) is 6.44. The summed E-state index contributed by atoms with van der Waals surface area (Å²) >= 11 is 1.48. The van der Waals surface area contributed by atoms with Gasteiger partial charge in [0, 0.05) is 11.1 Å². The number of benzene rings is 2. The normalized spacial score (nSPS) is 10.4. The van der Waals surface area contributed by atoms with Gasteiger partial charge in [0.2, 0.25) is 0 Å². The van der Waals surface area contributed by atoms with E-state index in [2.05, 4.69) is 10.3 Å². The van der Waals surface area contributed by atoms with Crippen LogP contribution >= 0.6 is 11.3 Å². The number of aryl methyl sites for hydroxylation is 2. The minimum Gasteiger partial charge on any atom is -0.493 e. The first-order valence-corrected chi connectivity index (χ1v) is 9.60. The maximum absolute atomic E-state index is 11.9. The van der Waals surface area contributed by atoms with Crippen molar-refractivity contribution in [3.05, 3.63) is 70.7 Å². The molecular formula is C21H22N2O3S. The Hall–Kier alpha value is -2.86. The van der Waals surface area contributed by atoms with E-state index in [1.54, 1.807) is 0 Å². The molecule has 0 saturated carbocycles. The van der Waals surface area contributed by atoms with Crippen molar-refractivity contribution in [2.75, 3.05) is 11.9 Å². The number of nitrogens with one attached hydrogen (secondary N) is 1. The van der Waals surface area contributed by atoms with Gasteiger partial charge in [0.05, 0.1) is 18.7 Å². The SMILES string of the molecule is Cc1ccc(Nc2nc(COC(=O)CCOc3ccccc3C)cs2)cc1. The van der Waals surface area contributed by atoms with Gasteiger partial charge in [0.15, 0.2) is 5.13 Å². The van der Waals surface area contributed by atoms with Gasteiger partial charge >= 0.3 is 5.97 Å². The average Bonchev–Trinajstić information content (AvgIpc) is 3.11. The zero-order valence-electron chi connectivity index (χ0n) is 15.4. The van der Waals surface area contributed by atoms with Gasteiger partial charge in [-0.25, -0.2) is 4.98 Å². The molecule has 140 valence electrons. The standard InChI is InChI=1S/C21H22N2O3S/c1-15-7-9-17(10-8-15)22-21-23-18(14-27-21)13-26-20(24)11-12-25-19-6-4-3-5-16(19)2/h3-10,14H,11-13H2,1-2H3,(H,22,23). The number of aromatic nitrogens is 1. The van der Waals surface area contributed by atoms with Crippen LogP contribution in [0.2, 0.25) is 0 Å². The monoisotopic (exact) mass is 382 g/mol. The summed E-state index contributed by atoms with van der Waals surface area (Å²) in [7, 11) is 0. The molecule has 5 nitrogen and oxygen atoms in total. The highest BCUT2D eigenvalue weighted by atomic mass is 32.1. The van der Waals surface area contributed by atoms with Crippen LogP contribution in [0.25, 0.3) is 0 Å². The summed E-state index contributed by atoms with van der Waals surface area (Å²) in [6.07, 6.45) is 0.201.